The van der Waals surface area contributed by atoms with Crippen LogP contribution in [0.5, 0.6) is 0 Å². The Balaban J connectivity index is 1.40. The third-order valence-electron chi connectivity index (χ3n) is 5.75. The monoisotopic (exact) mass is 479 g/mol. The molecule has 1 heterocycles. The summed E-state index contributed by atoms with van der Waals surface area (Å²) >= 11 is 5.21. The van der Waals surface area contributed by atoms with Gasteiger partial charge in [-0.1, -0.05) is 54.6 Å². The topological polar surface area (TPSA) is 80.3 Å². The summed E-state index contributed by atoms with van der Waals surface area (Å²) in [4.78, 5) is 17.3. The van der Waals surface area contributed by atoms with Crippen molar-refractivity contribution in [1.29, 1.82) is 0 Å². The second-order valence-corrected chi connectivity index (χ2v) is 10.9. The van der Waals surface area contributed by atoms with Gasteiger partial charge in [0.25, 0.3) is 0 Å². The van der Waals surface area contributed by atoms with Crippen LogP contribution in [0.2, 0.25) is 0 Å². The second-order valence-electron chi connectivity index (χ2n) is 7.97. The SMILES string of the molecule is CC(c1ccc(C)nc1)=S(C)(=O)NC(=S)NC(=O)OCC1c2ccccc2-c2ccccc21. The van der Waals surface area contributed by atoms with Crippen LogP contribution >= 0.6 is 12.2 Å². The van der Waals surface area contributed by atoms with Crippen molar-refractivity contribution in [2.75, 3.05) is 12.9 Å². The molecule has 0 saturated heterocycles. The van der Waals surface area contributed by atoms with Crippen molar-refractivity contribution in [3.8, 4) is 11.1 Å². The maximum Gasteiger partial charge on any atom is 0.413 e. The molecule has 1 aliphatic rings. The fraction of sp³-hybridized carbons (Fsp3) is 0.200. The van der Waals surface area contributed by atoms with Crippen LogP contribution in [-0.4, -0.2) is 38.1 Å². The van der Waals surface area contributed by atoms with Crippen LogP contribution < -0.4 is 10.0 Å². The van der Waals surface area contributed by atoms with E-state index in [4.69, 9.17) is 17.0 Å². The van der Waals surface area contributed by atoms with Crippen LogP contribution in [-0.2, 0) is 14.4 Å². The van der Waals surface area contributed by atoms with Crippen LogP contribution in [0.15, 0.2) is 66.9 Å². The fourth-order valence-corrected chi connectivity index (χ4v) is 5.60. The van der Waals surface area contributed by atoms with Gasteiger partial charge in [0, 0.05) is 34.5 Å². The molecule has 1 unspecified atom stereocenters. The third-order valence-corrected chi connectivity index (χ3v) is 8.08. The highest BCUT2D eigenvalue weighted by molar-refractivity contribution is 8.01. The second kappa shape index (κ2) is 9.33. The van der Waals surface area contributed by atoms with Gasteiger partial charge in [-0.2, -0.15) is 0 Å². The average Bonchev–Trinajstić information content (AvgIpc) is 3.11. The smallest absolute Gasteiger partial charge is 0.413 e. The van der Waals surface area contributed by atoms with E-state index in [1.807, 2.05) is 43.3 Å². The minimum absolute atomic E-state index is 0.0512. The molecule has 2 N–H and O–H groups in total. The fourth-order valence-electron chi connectivity index (χ4n) is 3.91. The van der Waals surface area contributed by atoms with Gasteiger partial charge in [0.05, 0.1) is 9.71 Å². The normalized spacial score (nSPS) is 13.9. The Morgan fingerprint density at radius 3 is 2.24 bits per heavy atom. The summed E-state index contributed by atoms with van der Waals surface area (Å²) < 4.78 is 21.4. The molecule has 2 aromatic carbocycles. The molecule has 33 heavy (non-hydrogen) atoms. The van der Waals surface area contributed by atoms with E-state index in [9.17, 15) is 9.00 Å². The highest BCUT2D eigenvalue weighted by atomic mass is 32.2. The predicted molar refractivity (Wildman–Crippen MR) is 137 cm³/mol. The molecule has 0 saturated carbocycles. The summed E-state index contributed by atoms with van der Waals surface area (Å²) in [7, 11) is -2.72. The van der Waals surface area contributed by atoms with Gasteiger partial charge in [0.15, 0.2) is 5.11 Å². The van der Waals surface area contributed by atoms with Gasteiger partial charge in [0.1, 0.15) is 6.61 Å². The largest absolute Gasteiger partial charge is 0.448 e. The standard InChI is InChI=1S/C25H25N3O3S2/c1-16-12-13-18(14-26-16)17(2)33(3,30)28-24(32)27-25(29)31-15-23-21-10-6-4-8-19(21)20-9-5-7-11-22(20)23/h4-14,23H,15H2,1-3H3,(H2,27,28,29,30,32). The van der Waals surface area contributed by atoms with Gasteiger partial charge >= 0.3 is 6.09 Å². The van der Waals surface area contributed by atoms with E-state index in [1.54, 1.807) is 13.1 Å². The van der Waals surface area contributed by atoms with Crippen LogP contribution in [0.3, 0.4) is 0 Å². The first-order valence-electron chi connectivity index (χ1n) is 10.5. The molecule has 0 radical (unpaired) electrons. The van der Waals surface area contributed by atoms with Crippen LogP contribution in [0, 0.1) is 6.92 Å². The Bertz CT molecular complexity index is 1300. The number of ether oxygens (including phenoxy) is 1. The van der Waals surface area contributed by atoms with E-state index in [-0.39, 0.29) is 17.6 Å². The quantitative estimate of drug-likeness (QED) is 0.434. The Labute approximate surface area is 199 Å². The van der Waals surface area contributed by atoms with Crippen molar-refractivity contribution >= 4 is 38.0 Å². The molecule has 6 nitrogen and oxygen atoms in total. The minimum Gasteiger partial charge on any atom is -0.448 e. The highest BCUT2D eigenvalue weighted by Gasteiger charge is 2.29. The third kappa shape index (κ3) is 4.91. The number of rotatable bonds is 4. The molecule has 1 aromatic heterocycles. The zero-order valence-electron chi connectivity index (χ0n) is 18.6. The van der Waals surface area contributed by atoms with Crippen LogP contribution in [0.4, 0.5) is 4.79 Å². The van der Waals surface area contributed by atoms with Crippen molar-refractivity contribution in [3.05, 3.63) is 89.2 Å². The van der Waals surface area contributed by atoms with Gasteiger partial charge in [0.2, 0.25) is 0 Å². The molecule has 1 aliphatic carbocycles. The number of nitrogens with one attached hydrogen (secondary N) is 2. The number of hydrogen-bond donors (Lipinski definition) is 2. The lowest BCUT2D eigenvalue weighted by molar-refractivity contribution is 0.148. The number of carbonyl (C=O) groups is 1. The molecule has 0 aliphatic heterocycles. The van der Waals surface area contributed by atoms with E-state index in [0.29, 0.717) is 4.86 Å². The summed E-state index contributed by atoms with van der Waals surface area (Å²) in [6.45, 7) is 3.80. The highest BCUT2D eigenvalue weighted by Crippen LogP contribution is 2.44. The first kappa shape index (κ1) is 22.9. The van der Waals surface area contributed by atoms with Gasteiger partial charge < -0.3 is 4.74 Å². The number of nitrogens with zero attached hydrogens (tertiary/aromatic N) is 1. The Kier molecular flexibility index (Phi) is 6.49. The van der Waals surface area contributed by atoms with Crippen molar-refractivity contribution in [2.45, 2.75) is 19.8 Å². The number of amides is 1. The maximum atomic E-state index is 13.1. The number of benzene rings is 2. The van der Waals surface area contributed by atoms with Crippen molar-refractivity contribution < 1.29 is 13.7 Å². The summed E-state index contributed by atoms with van der Waals surface area (Å²) in [6.07, 6.45) is 2.50. The van der Waals surface area contributed by atoms with E-state index in [2.05, 4.69) is 39.3 Å². The molecule has 0 spiro atoms. The first-order chi connectivity index (χ1) is 15.8. The number of hydrogen-bond acceptors (Lipinski definition) is 5. The summed E-state index contributed by atoms with van der Waals surface area (Å²) in [5.74, 6) is -0.0512. The molecule has 1 amide bonds. The average molecular weight is 480 g/mol. The number of thiocarbonyl (C=S) groups is 1. The minimum atomic E-state index is -2.72. The Morgan fingerprint density at radius 2 is 1.67 bits per heavy atom. The Hall–Kier alpha value is -3.23. The molecule has 4 rings (SSSR count). The molecule has 0 fully saturated rings. The number of aromatic nitrogens is 1. The number of alkyl carbamates (subject to hydrolysis) is 1. The van der Waals surface area contributed by atoms with Crippen molar-refractivity contribution in [3.63, 3.8) is 0 Å². The van der Waals surface area contributed by atoms with Gasteiger partial charge in [-0.3, -0.25) is 15.0 Å². The zero-order chi connectivity index (χ0) is 23.6. The van der Waals surface area contributed by atoms with Crippen molar-refractivity contribution in [2.24, 2.45) is 0 Å². The number of aryl methyl sites for hydroxylation is 1. The van der Waals surface area contributed by atoms with Crippen LogP contribution in [0.25, 0.3) is 11.1 Å². The van der Waals surface area contributed by atoms with Gasteiger partial charge in [-0.25, -0.2) is 9.00 Å². The molecule has 8 heteroatoms. The van der Waals surface area contributed by atoms with E-state index in [0.717, 1.165) is 33.5 Å². The van der Waals surface area contributed by atoms with Gasteiger partial charge in [-0.15, -0.1) is 0 Å². The molecule has 1 atom stereocenters. The summed E-state index contributed by atoms with van der Waals surface area (Å²) in [6, 6.07) is 19.9. The molecule has 3 aromatic rings. The molecular formula is C25H25N3O3S2. The Morgan fingerprint density at radius 1 is 1.06 bits per heavy atom. The maximum absolute atomic E-state index is 13.1. The van der Waals surface area contributed by atoms with E-state index in [1.165, 1.54) is 6.26 Å². The first-order valence-corrected chi connectivity index (χ1v) is 12.8. The van der Waals surface area contributed by atoms with Crippen LogP contribution in [0.1, 0.15) is 35.2 Å². The van der Waals surface area contributed by atoms with E-state index >= 15 is 0 Å². The lowest BCUT2D eigenvalue weighted by atomic mass is 9.98. The number of pyridine rings is 1. The lowest BCUT2D eigenvalue weighted by Gasteiger charge is -2.17. The molecule has 0 bridgehead atoms. The number of fused-ring (bicyclic) bond motifs is 3. The van der Waals surface area contributed by atoms with E-state index < -0.39 is 15.8 Å². The molecular weight excluding hydrogens is 454 g/mol. The molecule has 170 valence electrons. The zero-order valence-corrected chi connectivity index (χ0v) is 20.3. The number of carbonyl (C=O) groups excluding carboxylic acids is 1. The summed E-state index contributed by atoms with van der Waals surface area (Å²) in [5.41, 5.74) is 6.17. The van der Waals surface area contributed by atoms with Gasteiger partial charge in [-0.05, 0) is 54.4 Å². The lowest BCUT2D eigenvalue weighted by Crippen LogP contribution is -2.43. The summed E-state index contributed by atoms with van der Waals surface area (Å²) in [5, 5.41) is 2.42. The van der Waals surface area contributed by atoms with Crippen molar-refractivity contribution in [1.82, 2.24) is 15.0 Å². The predicted octanol–water partition coefficient (Wildman–Crippen LogP) is 4.17.